The van der Waals surface area contributed by atoms with E-state index in [1.54, 1.807) is 24.3 Å². The van der Waals surface area contributed by atoms with Crippen molar-refractivity contribution in [3.05, 3.63) is 29.8 Å². The molecule has 17 heavy (non-hydrogen) atoms. The second-order valence-electron chi connectivity index (χ2n) is 4.49. The van der Waals surface area contributed by atoms with Crippen LogP contribution in [0.1, 0.15) is 36.0 Å². The first-order valence-corrected chi connectivity index (χ1v) is 5.99. The Morgan fingerprint density at radius 2 is 1.82 bits per heavy atom. The van der Waals surface area contributed by atoms with Crippen LogP contribution in [-0.2, 0) is 0 Å². The molecule has 4 N–H and O–H groups in total. The maximum absolute atomic E-state index is 10.9. The molecular weight excluding hydrogens is 216 g/mol. The lowest BCUT2D eigenvalue weighted by Gasteiger charge is -2.29. The van der Waals surface area contributed by atoms with Gasteiger partial charge < -0.3 is 16.2 Å². The molecule has 4 nitrogen and oxygen atoms in total. The summed E-state index contributed by atoms with van der Waals surface area (Å²) in [5.41, 5.74) is 11.7. The Kier molecular flexibility index (Phi) is 3.64. The normalized spacial score (nSPS) is 24.3. The number of hydrogen-bond donors (Lipinski definition) is 2. The smallest absolute Gasteiger partial charge is 0.248 e. The zero-order valence-electron chi connectivity index (χ0n) is 9.76. The second-order valence-corrected chi connectivity index (χ2v) is 4.49. The van der Waals surface area contributed by atoms with Gasteiger partial charge in [0.05, 0.1) is 0 Å². The average Bonchev–Trinajstić information content (AvgIpc) is 2.33. The molecule has 1 aromatic carbocycles. The van der Waals surface area contributed by atoms with E-state index in [4.69, 9.17) is 16.2 Å². The van der Waals surface area contributed by atoms with Crippen LogP contribution in [0.15, 0.2) is 24.3 Å². The summed E-state index contributed by atoms with van der Waals surface area (Å²) in [7, 11) is 0. The van der Waals surface area contributed by atoms with Crippen molar-refractivity contribution in [2.75, 3.05) is 0 Å². The van der Waals surface area contributed by atoms with Crippen LogP contribution in [0.3, 0.4) is 0 Å². The van der Waals surface area contributed by atoms with Crippen molar-refractivity contribution in [1.29, 1.82) is 0 Å². The van der Waals surface area contributed by atoms with Crippen LogP contribution in [0.25, 0.3) is 0 Å². The van der Waals surface area contributed by atoms with Crippen molar-refractivity contribution in [2.45, 2.75) is 37.8 Å². The first-order valence-electron chi connectivity index (χ1n) is 5.99. The summed E-state index contributed by atoms with van der Waals surface area (Å²) in [4.78, 5) is 10.9. The van der Waals surface area contributed by atoms with Gasteiger partial charge in [-0.25, -0.2) is 0 Å². The van der Waals surface area contributed by atoms with Gasteiger partial charge in [-0.05, 0) is 43.5 Å². The van der Waals surface area contributed by atoms with Gasteiger partial charge >= 0.3 is 0 Å². The summed E-state index contributed by atoms with van der Waals surface area (Å²) in [5, 5.41) is 0. The molecule has 1 aromatic rings. The Morgan fingerprint density at radius 3 is 2.41 bits per heavy atom. The molecule has 0 radical (unpaired) electrons. The molecular formula is C13H18N2O2. The van der Waals surface area contributed by atoms with Gasteiger partial charge in [-0.15, -0.1) is 0 Å². The van der Waals surface area contributed by atoms with Gasteiger partial charge in [-0.1, -0.05) is 6.42 Å². The molecule has 0 saturated heterocycles. The molecule has 2 atom stereocenters. The predicted molar refractivity (Wildman–Crippen MR) is 65.8 cm³/mol. The molecule has 2 rings (SSSR count). The number of hydrogen-bond acceptors (Lipinski definition) is 3. The van der Waals surface area contributed by atoms with E-state index in [0.29, 0.717) is 5.56 Å². The van der Waals surface area contributed by atoms with E-state index in [0.717, 1.165) is 25.0 Å². The highest BCUT2D eigenvalue weighted by Gasteiger charge is 2.23. The summed E-state index contributed by atoms with van der Waals surface area (Å²) in [6.45, 7) is 0. The lowest BCUT2D eigenvalue weighted by Crippen LogP contribution is -2.41. The maximum atomic E-state index is 10.9. The largest absolute Gasteiger partial charge is 0.489 e. The van der Waals surface area contributed by atoms with Crippen LogP contribution in [0.2, 0.25) is 0 Å². The standard InChI is InChI=1S/C13H18N2O2/c14-11-3-1-2-4-12(11)17-10-7-5-9(6-8-10)13(15)16/h5-8,11-12H,1-4,14H2,(H2,15,16). The van der Waals surface area contributed by atoms with Gasteiger partial charge in [0.2, 0.25) is 5.91 Å². The van der Waals surface area contributed by atoms with E-state index < -0.39 is 5.91 Å². The number of ether oxygens (including phenoxy) is 1. The minimum Gasteiger partial charge on any atom is -0.489 e. The third kappa shape index (κ3) is 2.97. The zero-order valence-corrected chi connectivity index (χ0v) is 9.76. The minimum absolute atomic E-state index is 0.0863. The Labute approximate surface area is 101 Å². The number of rotatable bonds is 3. The van der Waals surface area contributed by atoms with E-state index in [2.05, 4.69) is 0 Å². The van der Waals surface area contributed by atoms with Gasteiger partial charge in [0.1, 0.15) is 11.9 Å². The number of primary amides is 1. The number of carbonyl (C=O) groups is 1. The average molecular weight is 234 g/mol. The molecule has 1 amide bonds. The Balaban J connectivity index is 2.00. The maximum Gasteiger partial charge on any atom is 0.248 e. The van der Waals surface area contributed by atoms with Gasteiger partial charge in [-0.2, -0.15) is 0 Å². The van der Waals surface area contributed by atoms with Crippen LogP contribution in [0.5, 0.6) is 5.75 Å². The van der Waals surface area contributed by atoms with Gasteiger partial charge in [0, 0.05) is 11.6 Å². The monoisotopic (exact) mass is 234 g/mol. The van der Waals surface area contributed by atoms with E-state index in [-0.39, 0.29) is 12.1 Å². The van der Waals surface area contributed by atoms with Gasteiger partial charge in [0.15, 0.2) is 0 Å². The summed E-state index contributed by atoms with van der Waals surface area (Å²) < 4.78 is 5.83. The fourth-order valence-electron chi connectivity index (χ4n) is 2.14. The Bertz CT molecular complexity index is 389. The van der Waals surface area contributed by atoms with E-state index in [1.807, 2.05) is 0 Å². The van der Waals surface area contributed by atoms with Crippen LogP contribution in [-0.4, -0.2) is 18.1 Å². The van der Waals surface area contributed by atoms with Crippen LogP contribution < -0.4 is 16.2 Å². The fraction of sp³-hybridized carbons (Fsp3) is 0.462. The molecule has 92 valence electrons. The zero-order chi connectivity index (χ0) is 12.3. The number of nitrogens with two attached hydrogens (primary N) is 2. The van der Waals surface area contributed by atoms with Crippen molar-refractivity contribution in [2.24, 2.45) is 11.5 Å². The molecule has 1 aliphatic carbocycles. The molecule has 2 unspecified atom stereocenters. The highest BCUT2D eigenvalue weighted by atomic mass is 16.5. The van der Waals surface area contributed by atoms with Crippen molar-refractivity contribution in [3.8, 4) is 5.75 Å². The Hall–Kier alpha value is -1.55. The van der Waals surface area contributed by atoms with E-state index in [1.165, 1.54) is 6.42 Å². The van der Waals surface area contributed by atoms with Crippen LogP contribution in [0, 0.1) is 0 Å². The molecule has 4 heteroatoms. The molecule has 0 heterocycles. The summed E-state index contributed by atoms with van der Waals surface area (Å²) >= 11 is 0. The topological polar surface area (TPSA) is 78.3 Å². The molecule has 0 bridgehead atoms. The second kappa shape index (κ2) is 5.19. The lowest BCUT2D eigenvalue weighted by molar-refractivity contribution is 0.1000. The summed E-state index contributed by atoms with van der Waals surface area (Å²) in [6.07, 6.45) is 4.45. The quantitative estimate of drug-likeness (QED) is 0.830. The van der Waals surface area contributed by atoms with Gasteiger partial charge in [-0.3, -0.25) is 4.79 Å². The van der Waals surface area contributed by atoms with Crippen LogP contribution in [0.4, 0.5) is 0 Å². The molecule has 1 saturated carbocycles. The van der Waals surface area contributed by atoms with Crippen molar-refractivity contribution >= 4 is 5.91 Å². The molecule has 0 aromatic heterocycles. The third-order valence-corrected chi connectivity index (χ3v) is 3.18. The Morgan fingerprint density at radius 1 is 1.18 bits per heavy atom. The summed E-state index contributed by atoms with van der Waals surface area (Å²) in [6, 6.07) is 6.99. The fourth-order valence-corrected chi connectivity index (χ4v) is 2.14. The molecule has 1 fully saturated rings. The highest BCUT2D eigenvalue weighted by Crippen LogP contribution is 2.23. The molecule has 1 aliphatic rings. The van der Waals surface area contributed by atoms with Crippen LogP contribution >= 0.6 is 0 Å². The van der Waals surface area contributed by atoms with E-state index >= 15 is 0 Å². The summed E-state index contributed by atoms with van der Waals surface area (Å²) in [5.74, 6) is 0.322. The minimum atomic E-state index is -0.425. The number of carbonyl (C=O) groups excluding carboxylic acids is 1. The number of amides is 1. The van der Waals surface area contributed by atoms with Crippen molar-refractivity contribution in [1.82, 2.24) is 0 Å². The first-order chi connectivity index (χ1) is 8.16. The lowest BCUT2D eigenvalue weighted by atomic mass is 9.93. The number of benzene rings is 1. The SMILES string of the molecule is NC(=O)c1ccc(OC2CCCCC2N)cc1. The van der Waals surface area contributed by atoms with Crippen molar-refractivity contribution in [3.63, 3.8) is 0 Å². The first kappa shape index (κ1) is 11.9. The molecule has 0 spiro atoms. The third-order valence-electron chi connectivity index (χ3n) is 3.18. The molecule has 0 aliphatic heterocycles. The van der Waals surface area contributed by atoms with Gasteiger partial charge in [0.25, 0.3) is 0 Å². The highest BCUT2D eigenvalue weighted by molar-refractivity contribution is 5.92. The predicted octanol–water partition coefficient (Wildman–Crippen LogP) is 1.43. The van der Waals surface area contributed by atoms with Crippen molar-refractivity contribution < 1.29 is 9.53 Å². The van der Waals surface area contributed by atoms with E-state index in [9.17, 15) is 4.79 Å².